The lowest BCUT2D eigenvalue weighted by molar-refractivity contribution is 0.0696. The van der Waals surface area contributed by atoms with Crippen LogP contribution in [0.15, 0.2) is 53.7 Å². The van der Waals surface area contributed by atoms with Crippen LogP contribution in [-0.2, 0) is 18.9 Å². The third-order valence-electron chi connectivity index (χ3n) is 3.84. The summed E-state index contributed by atoms with van der Waals surface area (Å²) < 4.78 is 21.1. The van der Waals surface area contributed by atoms with Crippen molar-refractivity contribution in [1.29, 1.82) is 0 Å². The van der Waals surface area contributed by atoms with Gasteiger partial charge >= 0.3 is 5.97 Å². The van der Waals surface area contributed by atoms with Gasteiger partial charge in [-0.15, -0.1) is 10.2 Å². The summed E-state index contributed by atoms with van der Waals surface area (Å²) in [5.41, 5.74) is 1.14. The average molecular weight is 387 g/mol. The highest BCUT2D eigenvalue weighted by Crippen LogP contribution is 2.23. The zero-order chi connectivity index (χ0) is 19.2. The van der Waals surface area contributed by atoms with E-state index in [0.29, 0.717) is 23.3 Å². The van der Waals surface area contributed by atoms with Gasteiger partial charge in [0.2, 0.25) is 0 Å². The van der Waals surface area contributed by atoms with Crippen molar-refractivity contribution in [3.05, 3.63) is 71.3 Å². The number of hydrogen-bond acceptors (Lipinski definition) is 5. The van der Waals surface area contributed by atoms with E-state index in [-0.39, 0.29) is 17.9 Å². The van der Waals surface area contributed by atoms with E-state index in [1.54, 1.807) is 36.4 Å². The van der Waals surface area contributed by atoms with E-state index in [1.807, 2.05) is 17.6 Å². The summed E-state index contributed by atoms with van der Waals surface area (Å²) in [6.45, 7) is 2.71. The van der Waals surface area contributed by atoms with Crippen molar-refractivity contribution < 1.29 is 19.0 Å². The summed E-state index contributed by atoms with van der Waals surface area (Å²) >= 11 is 1.46. The van der Waals surface area contributed by atoms with Gasteiger partial charge in [-0.3, -0.25) is 0 Å². The lowest BCUT2D eigenvalue weighted by Gasteiger charge is -2.09. The van der Waals surface area contributed by atoms with Crippen LogP contribution in [0.5, 0.6) is 5.75 Å². The molecule has 0 fully saturated rings. The molecule has 0 bridgehead atoms. The minimum atomic E-state index is -0.953. The average Bonchev–Trinajstić information content (AvgIpc) is 3.07. The maximum absolute atomic E-state index is 13.7. The third kappa shape index (κ3) is 4.65. The predicted octanol–water partition coefficient (Wildman–Crippen LogP) is 4.01. The van der Waals surface area contributed by atoms with E-state index in [0.717, 1.165) is 5.56 Å². The normalized spacial score (nSPS) is 10.7. The van der Waals surface area contributed by atoms with Crippen LogP contribution in [0.3, 0.4) is 0 Å². The van der Waals surface area contributed by atoms with E-state index in [1.165, 1.54) is 17.8 Å². The van der Waals surface area contributed by atoms with Crippen molar-refractivity contribution in [1.82, 2.24) is 14.8 Å². The van der Waals surface area contributed by atoms with Gasteiger partial charge in [0, 0.05) is 12.3 Å². The molecule has 1 N–H and O–H groups in total. The van der Waals surface area contributed by atoms with Gasteiger partial charge in [-0.25, -0.2) is 9.18 Å². The number of carbonyl (C=O) groups is 1. The Hall–Kier alpha value is -2.87. The first-order valence-corrected chi connectivity index (χ1v) is 9.31. The Kier molecular flexibility index (Phi) is 6.08. The van der Waals surface area contributed by atoms with Gasteiger partial charge < -0.3 is 14.4 Å². The second-order valence-electron chi connectivity index (χ2n) is 5.66. The molecule has 0 spiro atoms. The highest BCUT2D eigenvalue weighted by Gasteiger charge is 2.13. The highest BCUT2D eigenvalue weighted by molar-refractivity contribution is 7.98. The number of benzene rings is 2. The summed E-state index contributed by atoms with van der Waals surface area (Å²) in [4.78, 5) is 11.1. The van der Waals surface area contributed by atoms with Crippen LogP contribution in [0.4, 0.5) is 4.39 Å². The topological polar surface area (TPSA) is 77.2 Å². The lowest BCUT2D eigenvalue weighted by atomic mass is 10.1. The smallest absolute Gasteiger partial charge is 0.335 e. The van der Waals surface area contributed by atoms with Crippen LogP contribution < -0.4 is 4.74 Å². The number of rotatable bonds is 8. The minimum Gasteiger partial charge on any atom is -0.483 e. The summed E-state index contributed by atoms with van der Waals surface area (Å²) in [7, 11) is 0. The monoisotopic (exact) mass is 387 g/mol. The van der Waals surface area contributed by atoms with Gasteiger partial charge in [-0.2, -0.15) is 0 Å². The quantitative estimate of drug-likeness (QED) is 0.589. The van der Waals surface area contributed by atoms with Crippen LogP contribution >= 0.6 is 11.8 Å². The fraction of sp³-hybridized carbons (Fsp3) is 0.211. The molecule has 140 valence electrons. The first-order chi connectivity index (χ1) is 13.1. The van der Waals surface area contributed by atoms with Crippen molar-refractivity contribution in [3.8, 4) is 5.75 Å². The zero-order valence-electron chi connectivity index (χ0n) is 14.6. The molecule has 0 radical (unpaired) electrons. The van der Waals surface area contributed by atoms with Gasteiger partial charge in [-0.1, -0.05) is 36.0 Å². The first-order valence-electron chi connectivity index (χ1n) is 8.33. The van der Waals surface area contributed by atoms with Crippen LogP contribution in [-0.4, -0.2) is 25.8 Å². The number of carboxylic acid groups (broad SMARTS) is 1. The Bertz CT molecular complexity index is 945. The molecule has 1 aromatic heterocycles. The number of carboxylic acids is 1. The van der Waals surface area contributed by atoms with Gasteiger partial charge in [0.1, 0.15) is 6.61 Å². The van der Waals surface area contributed by atoms with Crippen molar-refractivity contribution in [2.45, 2.75) is 31.0 Å². The van der Waals surface area contributed by atoms with E-state index in [2.05, 4.69) is 10.2 Å². The largest absolute Gasteiger partial charge is 0.483 e. The number of halogens is 1. The Morgan fingerprint density at radius 3 is 2.78 bits per heavy atom. The minimum absolute atomic E-state index is 0.108. The highest BCUT2D eigenvalue weighted by atomic mass is 32.2. The number of thioether (sulfide) groups is 1. The number of ether oxygens (including phenoxy) is 1. The molecule has 1 heterocycles. The fourth-order valence-corrected chi connectivity index (χ4v) is 3.46. The molecular weight excluding hydrogens is 369 g/mol. The Morgan fingerprint density at radius 2 is 2.04 bits per heavy atom. The molecule has 0 atom stereocenters. The molecule has 0 aliphatic carbocycles. The van der Waals surface area contributed by atoms with Gasteiger partial charge in [0.05, 0.1) is 5.56 Å². The van der Waals surface area contributed by atoms with E-state index >= 15 is 0 Å². The number of aromatic carboxylic acids is 1. The molecule has 0 saturated carbocycles. The van der Waals surface area contributed by atoms with Crippen LogP contribution in [0.25, 0.3) is 0 Å². The molecule has 2 aromatic carbocycles. The molecule has 0 unspecified atom stereocenters. The number of hydrogen-bond donors (Lipinski definition) is 1. The zero-order valence-corrected chi connectivity index (χ0v) is 15.4. The number of para-hydroxylation sites is 1. The van der Waals surface area contributed by atoms with Crippen LogP contribution in [0.2, 0.25) is 0 Å². The Labute approximate surface area is 160 Å². The summed E-state index contributed by atoms with van der Waals surface area (Å²) in [6.07, 6.45) is 0. The van der Waals surface area contributed by atoms with Crippen molar-refractivity contribution in [2.75, 3.05) is 0 Å². The van der Waals surface area contributed by atoms with Crippen LogP contribution in [0.1, 0.15) is 28.7 Å². The fourth-order valence-electron chi connectivity index (χ4n) is 2.50. The predicted molar refractivity (Wildman–Crippen MR) is 99.4 cm³/mol. The van der Waals surface area contributed by atoms with E-state index < -0.39 is 11.8 Å². The van der Waals surface area contributed by atoms with Gasteiger partial charge in [0.15, 0.2) is 22.5 Å². The van der Waals surface area contributed by atoms with Gasteiger partial charge in [-0.05, 0) is 36.8 Å². The molecule has 0 amide bonds. The summed E-state index contributed by atoms with van der Waals surface area (Å²) in [5.74, 6) is -0.0440. The van der Waals surface area contributed by atoms with Crippen molar-refractivity contribution in [2.24, 2.45) is 0 Å². The number of nitrogens with zero attached hydrogens (tertiary/aromatic N) is 3. The van der Waals surface area contributed by atoms with Gasteiger partial charge in [0.25, 0.3) is 0 Å². The molecular formula is C19H18FN3O3S. The standard InChI is InChI=1S/C19H18FN3O3S/c1-2-23-17(11-26-16-9-4-3-8-15(16)20)21-22-19(23)27-12-13-6-5-7-14(10-13)18(24)25/h3-10H,2,11-12H2,1H3,(H,24,25). The number of aromatic nitrogens is 3. The second kappa shape index (κ2) is 8.68. The van der Waals surface area contributed by atoms with Crippen LogP contribution in [0, 0.1) is 5.82 Å². The summed E-state index contributed by atoms with van der Waals surface area (Å²) in [6, 6.07) is 13.0. The van der Waals surface area contributed by atoms with Crippen molar-refractivity contribution >= 4 is 17.7 Å². The molecule has 0 saturated heterocycles. The molecule has 8 heteroatoms. The second-order valence-corrected chi connectivity index (χ2v) is 6.60. The van der Waals surface area contributed by atoms with Crippen molar-refractivity contribution in [3.63, 3.8) is 0 Å². The summed E-state index contributed by atoms with van der Waals surface area (Å²) in [5, 5.41) is 18.1. The maximum atomic E-state index is 13.7. The SMILES string of the molecule is CCn1c(COc2ccccc2F)nnc1SCc1cccc(C(=O)O)c1. The van der Waals surface area contributed by atoms with E-state index in [9.17, 15) is 9.18 Å². The maximum Gasteiger partial charge on any atom is 0.335 e. The molecule has 3 aromatic rings. The van der Waals surface area contributed by atoms with E-state index in [4.69, 9.17) is 9.84 Å². The third-order valence-corrected chi connectivity index (χ3v) is 4.88. The Morgan fingerprint density at radius 1 is 1.22 bits per heavy atom. The molecule has 0 aliphatic heterocycles. The molecule has 6 nitrogen and oxygen atoms in total. The first kappa shape index (κ1) is 18.9. The molecule has 0 aliphatic rings. The molecule has 27 heavy (non-hydrogen) atoms. The lowest BCUT2D eigenvalue weighted by Crippen LogP contribution is -2.07. The Balaban J connectivity index is 1.68. The molecule has 3 rings (SSSR count).